The number of rotatable bonds is 6. The summed E-state index contributed by atoms with van der Waals surface area (Å²) in [6, 6.07) is 5.65. The number of fused-ring (bicyclic) bond motifs is 1. The van der Waals surface area contributed by atoms with Crippen molar-refractivity contribution in [1.29, 1.82) is 0 Å². The molecular weight excluding hydrogens is 574 g/mol. The fraction of sp³-hybridized carbons (Fsp3) is 0.318. The van der Waals surface area contributed by atoms with Crippen LogP contribution in [0.3, 0.4) is 0 Å². The minimum atomic E-state index is -5.08. The van der Waals surface area contributed by atoms with Gasteiger partial charge in [-0.3, -0.25) is 9.52 Å². The molecule has 0 amide bonds. The van der Waals surface area contributed by atoms with Crippen LogP contribution >= 0.6 is 11.6 Å². The Balaban J connectivity index is 0.000000532. The van der Waals surface area contributed by atoms with Gasteiger partial charge in [-0.15, -0.1) is 0 Å². The van der Waals surface area contributed by atoms with E-state index in [9.17, 15) is 30.8 Å². The molecule has 1 saturated heterocycles. The second-order valence-electron chi connectivity index (χ2n) is 8.29. The zero-order valence-corrected chi connectivity index (χ0v) is 22.1. The average molecular weight is 596 g/mol. The number of aliphatic carboxylic acids is 1. The fourth-order valence-electron chi connectivity index (χ4n) is 3.42. The number of aromatic nitrogens is 2. The summed E-state index contributed by atoms with van der Waals surface area (Å²) in [5, 5.41) is 10.3. The molecule has 2 heterocycles. The Bertz CT molecular complexity index is 1580. The molecule has 0 saturated carbocycles. The minimum absolute atomic E-state index is 0.0208. The van der Waals surface area contributed by atoms with E-state index in [4.69, 9.17) is 26.2 Å². The number of carbonyl (C=O) groups is 1. The monoisotopic (exact) mass is 595 g/mol. The van der Waals surface area contributed by atoms with E-state index in [1.54, 1.807) is 26.1 Å². The van der Waals surface area contributed by atoms with Gasteiger partial charge in [0.05, 0.1) is 39.7 Å². The largest absolute Gasteiger partial charge is 0.490 e. The summed E-state index contributed by atoms with van der Waals surface area (Å²) in [7, 11) is -0.774. The third kappa shape index (κ3) is 6.58. The Morgan fingerprint density at radius 1 is 1.21 bits per heavy atom. The van der Waals surface area contributed by atoms with Crippen molar-refractivity contribution in [3.05, 3.63) is 57.3 Å². The summed E-state index contributed by atoms with van der Waals surface area (Å²) >= 11 is 6.37. The fourth-order valence-corrected chi connectivity index (χ4v) is 5.02. The Labute approximate surface area is 224 Å². The molecular formula is C22H22ClF4N5O6S. The van der Waals surface area contributed by atoms with Crippen LogP contribution in [0.4, 0.5) is 34.6 Å². The molecule has 1 aliphatic rings. The number of benzene rings is 2. The number of alkyl halides is 3. The van der Waals surface area contributed by atoms with Gasteiger partial charge >= 0.3 is 22.4 Å². The molecule has 0 spiro atoms. The van der Waals surface area contributed by atoms with Gasteiger partial charge in [-0.05, 0) is 36.8 Å². The number of hydrogen-bond acceptors (Lipinski definition) is 7. The van der Waals surface area contributed by atoms with Gasteiger partial charge in [0.15, 0.2) is 0 Å². The van der Waals surface area contributed by atoms with Crippen LogP contribution in [0, 0.1) is 12.7 Å². The predicted molar refractivity (Wildman–Crippen MR) is 135 cm³/mol. The SMILES string of the molecule is COC1CN(S(=O)(=O)Nc2ccc(F)c(Nc3ccc4ncn(C)c(=O)c4c3C)c2Cl)C1.O=C(O)C(F)(F)F. The topological polar surface area (TPSA) is 143 Å². The maximum Gasteiger partial charge on any atom is 0.490 e. The normalized spacial score (nSPS) is 14.4. The van der Waals surface area contributed by atoms with Crippen molar-refractivity contribution in [2.75, 3.05) is 30.2 Å². The average Bonchev–Trinajstić information content (AvgIpc) is 2.81. The lowest BCUT2D eigenvalue weighted by Gasteiger charge is -2.36. The molecule has 3 N–H and O–H groups in total. The molecule has 11 nitrogen and oxygen atoms in total. The quantitative estimate of drug-likeness (QED) is 0.368. The minimum Gasteiger partial charge on any atom is -0.475 e. The van der Waals surface area contributed by atoms with E-state index in [0.717, 1.165) is 6.07 Å². The van der Waals surface area contributed by atoms with E-state index >= 15 is 0 Å². The molecule has 1 fully saturated rings. The van der Waals surface area contributed by atoms with E-state index in [0.29, 0.717) is 22.2 Å². The van der Waals surface area contributed by atoms with Crippen LogP contribution in [0.2, 0.25) is 5.02 Å². The van der Waals surface area contributed by atoms with Gasteiger partial charge in [-0.25, -0.2) is 14.2 Å². The van der Waals surface area contributed by atoms with Crippen molar-refractivity contribution < 1.29 is 40.6 Å². The highest BCUT2D eigenvalue weighted by Gasteiger charge is 2.38. The molecule has 39 heavy (non-hydrogen) atoms. The first-order valence-corrected chi connectivity index (χ1v) is 12.7. The van der Waals surface area contributed by atoms with Crippen molar-refractivity contribution in [1.82, 2.24) is 13.9 Å². The molecule has 0 atom stereocenters. The number of carboxylic acids is 1. The summed E-state index contributed by atoms with van der Waals surface area (Å²) in [6.45, 7) is 2.15. The number of ether oxygens (including phenoxy) is 1. The molecule has 0 bridgehead atoms. The summed E-state index contributed by atoms with van der Waals surface area (Å²) < 4.78 is 81.5. The molecule has 0 aliphatic carbocycles. The van der Waals surface area contributed by atoms with Crippen LogP contribution in [-0.4, -0.2) is 65.8 Å². The summed E-state index contributed by atoms with van der Waals surface area (Å²) in [4.78, 5) is 25.7. The highest BCUT2D eigenvalue weighted by Crippen LogP contribution is 2.37. The van der Waals surface area contributed by atoms with E-state index in [1.165, 1.54) is 28.4 Å². The Morgan fingerprint density at radius 3 is 2.36 bits per heavy atom. The second kappa shape index (κ2) is 11.3. The van der Waals surface area contributed by atoms with Crippen molar-refractivity contribution >= 4 is 55.7 Å². The second-order valence-corrected chi connectivity index (χ2v) is 10.3. The third-order valence-electron chi connectivity index (χ3n) is 5.67. The molecule has 4 rings (SSSR count). The number of carboxylic acid groups (broad SMARTS) is 1. The molecule has 212 valence electrons. The molecule has 1 aliphatic heterocycles. The molecule has 1 aromatic heterocycles. The lowest BCUT2D eigenvalue weighted by atomic mass is 10.1. The van der Waals surface area contributed by atoms with Gasteiger partial charge in [0, 0.05) is 32.9 Å². The highest BCUT2D eigenvalue weighted by atomic mass is 35.5. The van der Waals surface area contributed by atoms with Crippen LogP contribution in [0.5, 0.6) is 0 Å². The Kier molecular flexibility index (Phi) is 8.74. The van der Waals surface area contributed by atoms with E-state index < -0.39 is 28.2 Å². The number of halogens is 5. The Morgan fingerprint density at radius 2 is 1.79 bits per heavy atom. The van der Waals surface area contributed by atoms with E-state index in [-0.39, 0.29) is 41.2 Å². The van der Waals surface area contributed by atoms with Gasteiger partial charge in [-0.1, -0.05) is 11.6 Å². The van der Waals surface area contributed by atoms with Crippen molar-refractivity contribution in [3.8, 4) is 0 Å². The van der Waals surface area contributed by atoms with Gasteiger partial charge in [0.1, 0.15) is 5.82 Å². The maximum absolute atomic E-state index is 14.6. The number of anilines is 3. The number of nitrogens with zero attached hydrogens (tertiary/aromatic N) is 3. The van der Waals surface area contributed by atoms with Gasteiger partial charge in [-0.2, -0.15) is 25.9 Å². The van der Waals surface area contributed by atoms with Crippen molar-refractivity contribution in [2.24, 2.45) is 7.05 Å². The summed E-state index contributed by atoms with van der Waals surface area (Å²) in [5.74, 6) is -3.44. The molecule has 0 unspecified atom stereocenters. The Hall–Kier alpha value is -3.47. The van der Waals surface area contributed by atoms with Crippen LogP contribution in [0.15, 0.2) is 35.4 Å². The third-order valence-corrected chi connectivity index (χ3v) is 7.52. The lowest BCUT2D eigenvalue weighted by molar-refractivity contribution is -0.192. The van der Waals surface area contributed by atoms with E-state index in [2.05, 4.69) is 15.0 Å². The van der Waals surface area contributed by atoms with Crippen LogP contribution in [0.25, 0.3) is 10.9 Å². The first kappa shape index (κ1) is 30.1. The highest BCUT2D eigenvalue weighted by molar-refractivity contribution is 7.90. The standard InChI is InChI=1S/C20H21ClFN5O4S.C2HF3O2/c1-11-14(6-7-15-17(11)20(28)26(2)10-23-15)24-19-13(22)4-5-16(18(19)21)25-32(29,30)27-8-12(9-27)31-3;3-2(4,5)1(6)7/h4-7,10,12,24-25H,8-9H2,1-3H3;(H,6,7). The summed E-state index contributed by atoms with van der Waals surface area (Å²) in [6.07, 6.45) is -3.82. The number of aryl methyl sites for hydroxylation is 2. The van der Waals surface area contributed by atoms with Crippen molar-refractivity contribution in [2.45, 2.75) is 19.2 Å². The van der Waals surface area contributed by atoms with Crippen LogP contribution < -0.4 is 15.6 Å². The zero-order valence-electron chi connectivity index (χ0n) is 20.5. The van der Waals surface area contributed by atoms with Crippen molar-refractivity contribution in [3.63, 3.8) is 0 Å². The molecule has 17 heteroatoms. The predicted octanol–water partition coefficient (Wildman–Crippen LogP) is 3.40. The summed E-state index contributed by atoms with van der Waals surface area (Å²) in [5.41, 5.74) is 1.17. The first-order chi connectivity index (χ1) is 18.1. The first-order valence-electron chi connectivity index (χ1n) is 10.9. The number of hydrogen-bond donors (Lipinski definition) is 3. The van der Waals surface area contributed by atoms with E-state index in [1.807, 2.05) is 0 Å². The van der Waals surface area contributed by atoms with Gasteiger partial charge in [0.2, 0.25) is 0 Å². The maximum atomic E-state index is 14.6. The van der Waals surface area contributed by atoms with Gasteiger partial charge in [0.25, 0.3) is 5.56 Å². The number of nitrogens with one attached hydrogen (secondary N) is 2. The van der Waals surface area contributed by atoms with Crippen LogP contribution in [-0.2, 0) is 26.8 Å². The van der Waals surface area contributed by atoms with Gasteiger partial charge < -0.3 is 19.7 Å². The zero-order chi connectivity index (χ0) is 29.3. The lowest BCUT2D eigenvalue weighted by Crippen LogP contribution is -2.55. The smallest absolute Gasteiger partial charge is 0.475 e. The molecule has 3 aromatic rings. The number of methoxy groups -OCH3 is 1. The molecule has 0 radical (unpaired) electrons. The van der Waals surface area contributed by atoms with Crippen LogP contribution in [0.1, 0.15) is 5.56 Å². The molecule has 2 aromatic carbocycles.